The highest BCUT2D eigenvalue weighted by Gasteiger charge is 2.42. The van der Waals surface area contributed by atoms with Gasteiger partial charge in [-0.2, -0.15) is 0 Å². The normalized spacial score (nSPS) is 15.6. The van der Waals surface area contributed by atoms with Crippen molar-refractivity contribution < 1.29 is 43.0 Å². The topological polar surface area (TPSA) is 181 Å². The number of hydrogen-bond donors (Lipinski definition) is 4. The Labute approximate surface area is 397 Å². The summed E-state index contributed by atoms with van der Waals surface area (Å²) in [6.07, 6.45) is 6.73. The Morgan fingerprint density at radius 3 is 1.86 bits per heavy atom. The van der Waals surface area contributed by atoms with Gasteiger partial charge in [0.15, 0.2) is 18.0 Å². The van der Waals surface area contributed by atoms with Gasteiger partial charge < -0.3 is 35.5 Å². The first-order valence-electron chi connectivity index (χ1n) is 22.2. The Balaban J connectivity index is 1.53. The number of esters is 1. The number of ketones is 1. The van der Waals surface area contributed by atoms with Gasteiger partial charge in [-0.15, -0.1) is 6.42 Å². The number of morpholine rings is 1. The van der Waals surface area contributed by atoms with Crippen LogP contribution < -0.4 is 26.0 Å². The number of carbonyl (C=O) groups is 6. The summed E-state index contributed by atoms with van der Waals surface area (Å²) in [5, 5.41) is 11.6. The number of halogens is 1. The minimum Gasteiger partial charge on any atom is -0.482 e. The first-order valence-corrected chi connectivity index (χ1v) is 23.7. The molecule has 15 heteroatoms. The third kappa shape index (κ3) is 17.9. The molecule has 0 aliphatic carbocycles. The molecule has 350 valence electrons. The Kier molecular flexibility index (Phi) is 21.4. The lowest BCUT2D eigenvalue weighted by Gasteiger charge is -2.32. The van der Waals surface area contributed by atoms with Crippen LogP contribution in [-0.2, 0) is 51.1 Å². The van der Waals surface area contributed by atoms with E-state index >= 15 is 0 Å². The predicted molar refractivity (Wildman–Crippen MR) is 257 cm³/mol. The largest absolute Gasteiger partial charge is 0.482 e. The van der Waals surface area contributed by atoms with Gasteiger partial charge in [-0.3, -0.25) is 28.9 Å². The molecule has 14 nitrogen and oxygen atoms in total. The average molecular weight is 1010 g/mol. The lowest BCUT2D eigenvalue weighted by molar-refractivity contribution is -0.166. The summed E-state index contributed by atoms with van der Waals surface area (Å²) < 4.78 is 16.9. The fourth-order valence-electron chi connectivity index (χ4n) is 7.29. The number of nitrogens with one attached hydrogen (secondary N) is 4. The molecule has 1 aliphatic rings. The van der Waals surface area contributed by atoms with Crippen molar-refractivity contribution in [2.45, 2.75) is 96.5 Å². The highest BCUT2D eigenvalue weighted by atomic mass is 127. The molecular formula is C50H64IN5O9. The first-order chi connectivity index (χ1) is 31.1. The number of Topliss-reactive ketones (excluding diaryl/α,β-unsaturated/α-hetero) is 1. The zero-order valence-electron chi connectivity index (χ0n) is 38.1. The molecule has 1 fully saturated rings. The lowest BCUT2D eigenvalue weighted by atomic mass is 9.90. The molecule has 1 saturated heterocycles. The molecule has 0 bridgehead atoms. The molecule has 1 aliphatic heterocycles. The van der Waals surface area contributed by atoms with Gasteiger partial charge in [0.2, 0.25) is 23.6 Å². The minimum absolute atomic E-state index is 0.0488. The lowest BCUT2D eigenvalue weighted by Crippen LogP contribution is -2.60. The molecular weight excluding hydrogens is 941 g/mol. The van der Waals surface area contributed by atoms with Crippen LogP contribution in [-0.4, -0.2) is 114 Å². The van der Waals surface area contributed by atoms with Gasteiger partial charge in [-0.25, -0.2) is 4.79 Å². The molecule has 0 radical (unpaired) electrons. The third-order valence-electron chi connectivity index (χ3n) is 10.8. The number of carbonyl (C=O) groups excluding carboxylic acids is 6. The molecule has 1 heterocycles. The average Bonchev–Trinajstić information content (AvgIpc) is 3.29. The summed E-state index contributed by atoms with van der Waals surface area (Å²) in [5.41, 5.74) is 0.742. The molecule has 4 N–H and O–H groups in total. The highest BCUT2D eigenvalue weighted by Crippen LogP contribution is 2.22. The van der Waals surface area contributed by atoms with Crippen LogP contribution in [0.25, 0.3) is 0 Å². The molecule has 3 aromatic rings. The van der Waals surface area contributed by atoms with Gasteiger partial charge in [-0.05, 0) is 79.8 Å². The van der Waals surface area contributed by atoms with Crippen molar-refractivity contribution >= 4 is 58.0 Å². The smallest absolute Gasteiger partial charge is 0.345 e. The fourth-order valence-corrected chi connectivity index (χ4v) is 7.82. The zero-order valence-corrected chi connectivity index (χ0v) is 40.3. The number of hydrogen-bond acceptors (Lipinski definition) is 10. The van der Waals surface area contributed by atoms with Crippen LogP contribution in [0.1, 0.15) is 70.6 Å². The van der Waals surface area contributed by atoms with Crippen LogP contribution in [0.15, 0.2) is 84.9 Å². The Morgan fingerprint density at radius 1 is 0.738 bits per heavy atom. The molecule has 4 amide bonds. The van der Waals surface area contributed by atoms with E-state index in [-0.39, 0.29) is 54.4 Å². The molecule has 0 aromatic heterocycles. The Hall–Kier alpha value is -5.31. The summed E-state index contributed by atoms with van der Waals surface area (Å²) in [5.74, 6) is -0.579. The first kappa shape index (κ1) is 52.3. The predicted octanol–water partition coefficient (Wildman–Crippen LogP) is 4.59. The number of aryl methyl sites for hydroxylation is 1. The molecule has 0 saturated carbocycles. The number of nitrogens with zero attached hydrogens (tertiary/aromatic N) is 1. The van der Waals surface area contributed by atoms with E-state index in [1.54, 1.807) is 24.3 Å². The van der Waals surface area contributed by atoms with Crippen molar-refractivity contribution in [2.75, 3.05) is 43.9 Å². The molecule has 0 spiro atoms. The van der Waals surface area contributed by atoms with Crippen LogP contribution in [0.2, 0.25) is 0 Å². The number of rotatable bonds is 25. The standard InChI is InChI=1S/C50H64IN5O9/c1-7-36-18-21-39(22-19-36)64-32-45(58)65-50(6,33-51)46(59)41(28-34(2)3)53-49(62)43(30-38-16-12-9-13-17-38)55-48(61)42(29-35(4)5)54-47(60)40(23-20-37-14-10-8-11-15-37)52-44(57)31-56-24-26-63-27-25-56/h1,8-19,21-22,34-35,40-43H,20,23-33H2,2-6H3,(H,52,57)(H,53,62)(H,54,60)(H,55,61)/t40-,41?,42?,43-,50+/m0/s1. The Bertz CT molecular complexity index is 2060. The molecule has 65 heavy (non-hydrogen) atoms. The summed E-state index contributed by atoms with van der Waals surface area (Å²) in [7, 11) is 0. The minimum atomic E-state index is -1.64. The van der Waals surface area contributed by atoms with E-state index in [9.17, 15) is 28.8 Å². The number of ether oxygens (including phenoxy) is 3. The zero-order chi connectivity index (χ0) is 47.4. The summed E-state index contributed by atoms with van der Waals surface area (Å²) in [4.78, 5) is 85.7. The number of alkyl halides is 1. The van der Waals surface area contributed by atoms with Crippen LogP contribution in [0.4, 0.5) is 0 Å². The van der Waals surface area contributed by atoms with E-state index in [1.807, 2.05) is 116 Å². The maximum absolute atomic E-state index is 14.4. The fraction of sp³-hybridized carbons (Fsp3) is 0.480. The quantitative estimate of drug-likeness (QED) is 0.0406. The van der Waals surface area contributed by atoms with E-state index in [2.05, 4.69) is 27.2 Å². The van der Waals surface area contributed by atoms with Crippen LogP contribution >= 0.6 is 22.6 Å². The summed E-state index contributed by atoms with van der Waals surface area (Å²) in [6.45, 7) is 11.0. The third-order valence-corrected chi connectivity index (χ3v) is 12.2. The summed E-state index contributed by atoms with van der Waals surface area (Å²) in [6, 6.07) is 21.0. The van der Waals surface area contributed by atoms with E-state index in [1.165, 1.54) is 6.92 Å². The van der Waals surface area contributed by atoms with Crippen LogP contribution in [0, 0.1) is 24.2 Å². The van der Waals surface area contributed by atoms with Crippen molar-refractivity contribution in [2.24, 2.45) is 11.8 Å². The number of benzene rings is 3. The van der Waals surface area contributed by atoms with Crippen LogP contribution in [0.3, 0.4) is 0 Å². The molecule has 2 unspecified atom stereocenters. The second kappa shape index (κ2) is 26.6. The van der Waals surface area contributed by atoms with Gasteiger partial charge in [-0.1, -0.05) is 117 Å². The molecule has 3 aromatic carbocycles. The van der Waals surface area contributed by atoms with E-state index < -0.39 is 65.8 Å². The number of amides is 4. The van der Waals surface area contributed by atoms with E-state index in [0.717, 1.165) is 11.1 Å². The Morgan fingerprint density at radius 2 is 1.28 bits per heavy atom. The van der Waals surface area contributed by atoms with Crippen molar-refractivity contribution in [1.82, 2.24) is 26.2 Å². The molecule has 5 atom stereocenters. The monoisotopic (exact) mass is 1010 g/mol. The van der Waals surface area contributed by atoms with Gasteiger partial charge in [0, 0.05) is 29.5 Å². The summed E-state index contributed by atoms with van der Waals surface area (Å²) >= 11 is 1.97. The van der Waals surface area contributed by atoms with Crippen LogP contribution in [0.5, 0.6) is 5.75 Å². The van der Waals surface area contributed by atoms with E-state index in [4.69, 9.17) is 20.6 Å². The van der Waals surface area contributed by atoms with Gasteiger partial charge in [0.05, 0.1) is 25.8 Å². The van der Waals surface area contributed by atoms with Gasteiger partial charge in [0.25, 0.3) is 0 Å². The van der Waals surface area contributed by atoms with Crippen molar-refractivity contribution in [3.63, 3.8) is 0 Å². The van der Waals surface area contributed by atoms with Crippen molar-refractivity contribution in [3.05, 3.63) is 102 Å². The van der Waals surface area contributed by atoms with E-state index in [0.29, 0.717) is 44.0 Å². The van der Waals surface area contributed by atoms with Gasteiger partial charge in [0.1, 0.15) is 23.9 Å². The van der Waals surface area contributed by atoms with Crippen molar-refractivity contribution in [3.8, 4) is 18.1 Å². The highest BCUT2D eigenvalue weighted by molar-refractivity contribution is 14.1. The second-order valence-corrected chi connectivity index (χ2v) is 18.1. The maximum atomic E-state index is 14.4. The SMILES string of the molecule is C#Cc1ccc(OCC(=O)O[C@](C)(CI)C(=O)C(CC(C)C)NC(=O)[C@H](Cc2ccccc2)NC(=O)C(CC(C)C)NC(=O)[C@H](CCc2ccccc2)NC(=O)CN2CCOCC2)cc1. The maximum Gasteiger partial charge on any atom is 0.345 e. The van der Waals surface area contributed by atoms with Crippen molar-refractivity contribution in [1.29, 1.82) is 0 Å². The van der Waals surface area contributed by atoms with Gasteiger partial charge >= 0.3 is 5.97 Å². The second-order valence-electron chi connectivity index (χ2n) is 17.3. The molecule has 4 rings (SSSR count). The number of terminal acetylenes is 1.